The fourth-order valence-corrected chi connectivity index (χ4v) is 1.63. The molecule has 0 aliphatic carbocycles. The Balaban J connectivity index is 2.31. The van der Waals surface area contributed by atoms with Crippen LogP contribution in [0.5, 0.6) is 5.88 Å². The number of nitrogen functional groups attached to an aromatic ring is 1. The van der Waals surface area contributed by atoms with Gasteiger partial charge in [-0.2, -0.15) is 4.98 Å². The fourth-order valence-electron chi connectivity index (χ4n) is 1.63. The molecule has 2 aromatic rings. The Morgan fingerprint density at radius 3 is 2.47 bits per heavy atom. The first kappa shape index (κ1) is 12.6. The minimum absolute atomic E-state index is 0.0808. The van der Waals surface area contributed by atoms with Gasteiger partial charge in [0.05, 0.1) is 11.1 Å². The maximum Gasteiger partial charge on any atom is 0.335 e. The van der Waals surface area contributed by atoms with Crippen molar-refractivity contribution in [2.24, 2.45) is 0 Å². The fraction of sp³-hybridized carbons (Fsp3) is 0.0833. The molecule has 0 bridgehead atoms. The van der Waals surface area contributed by atoms with Crippen molar-refractivity contribution < 1.29 is 15.0 Å². The summed E-state index contributed by atoms with van der Waals surface area (Å²) in [4.78, 5) is 28.2. The Labute approximate surface area is 107 Å². The Morgan fingerprint density at radius 1 is 1.32 bits per heavy atom. The van der Waals surface area contributed by atoms with Gasteiger partial charge >= 0.3 is 5.97 Å². The summed E-state index contributed by atoms with van der Waals surface area (Å²) < 4.78 is 0. The zero-order chi connectivity index (χ0) is 14.0. The Bertz CT molecular complexity index is 676. The maximum atomic E-state index is 11.6. The van der Waals surface area contributed by atoms with Crippen LogP contribution in [0, 0.1) is 0 Å². The van der Waals surface area contributed by atoms with Crippen molar-refractivity contribution in [3.8, 4) is 5.88 Å². The van der Waals surface area contributed by atoms with Crippen molar-refractivity contribution >= 4 is 11.9 Å². The number of benzene rings is 1. The number of nitrogens with zero attached hydrogens (tertiary/aromatic N) is 1. The molecule has 1 aromatic heterocycles. The maximum absolute atomic E-state index is 11.6. The molecule has 0 saturated carbocycles. The number of nitrogens with two attached hydrogens (primary N) is 1. The number of rotatable bonds is 3. The van der Waals surface area contributed by atoms with Crippen LogP contribution in [0.3, 0.4) is 0 Å². The highest BCUT2D eigenvalue weighted by Gasteiger charge is 2.11. The van der Waals surface area contributed by atoms with Crippen molar-refractivity contribution in [2.75, 3.05) is 5.73 Å². The summed E-state index contributed by atoms with van der Waals surface area (Å²) in [5.41, 5.74) is 5.67. The molecule has 0 unspecified atom stereocenters. The average Bonchev–Trinajstić information content (AvgIpc) is 2.34. The van der Waals surface area contributed by atoms with E-state index in [4.69, 9.17) is 10.8 Å². The first-order valence-corrected chi connectivity index (χ1v) is 5.37. The molecule has 1 heterocycles. The van der Waals surface area contributed by atoms with Crippen molar-refractivity contribution in [1.29, 1.82) is 0 Å². The second kappa shape index (κ2) is 4.81. The molecule has 0 spiro atoms. The molecule has 0 atom stereocenters. The summed E-state index contributed by atoms with van der Waals surface area (Å²) in [5.74, 6) is -1.61. The Morgan fingerprint density at radius 2 is 1.95 bits per heavy atom. The second-order valence-electron chi connectivity index (χ2n) is 3.93. The monoisotopic (exact) mass is 261 g/mol. The highest BCUT2D eigenvalue weighted by molar-refractivity contribution is 5.87. The molecule has 7 heteroatoms. The SMILES string of the molecule is Nc1nc(O)c(Cc2ccc(C(=O)O)cc2)c(=O)[nH]1. The van der Waals surface area contributed by atoms with Crippen LogP contribution in [-0.2, 0) is 6.42 Å². The topological polar surface area (TPSA) is 129 Å². The molecule has 0 amide bonds. The molecule has 0 aliphatic rings. The zero-order valence-corrected chi connectivity index (χ0v) is 9.75. The molecule has 0 fully saturated rings. The highest BCUT2D eigenvalue weighted by atomic mass is 16.4. The van der Waals surface area contributed by atoms with E-state index in [0.717, 1.165) is 0 Å². The third-order valence-corrected chi connectivity index (χ3v) is 2.59. The first-order chi connectivity index (χ1) is 8.97. The molecule has 5 N–H and O–H groups in total. The number of carboxylic acids is 1. The number of carbonyl (C=O) groups is 1. The van der Waals surface area contributed by atoms with Crippen LogP contribution in [0.1, 0.15) is 21.5 Å². The number of aromatic hydroxyl groups is 1. The molecule has 1 aromatic carbocycles. The predicted molar refractivity (Wildman–Crippen MR) is 67.1 cm³/mol. The van der Waals surface area contributed by atoms with Crippen LogP contribution >= 0.6 is 0 Å². The third-order valence-electron chi connectivity index (χ3n) is 2.59. The van der Waals surface area contributed by atoms with E-state index in [1.54, 1.807) is 12.1 Å². The molecule has 98 valence electrons. The lowest BCUT2D eigenvalue weighted by molar-refractivity contribution is 0.0697. The van der Waals surface area contributed by atoms with Gasteiger partial charge in [-0.1, -0.05) is 12.1 Å². The molecule has 19 heavy (non-hydrogen) atoms. The smallest absolute Gasteiger partial charge is 0.335 e. The van der Waals surface area contributed by atoms with Gasteiger partial charge in [-0.05, 0) is 17.7 Å². The van der Waals surface area contributed by atoms with E-state index >= 15 is 0 Å². The minimum Gasteiger partial charge on any atom is -0.493 e. The number of hydrogen-bond donors (Lipinski definition) is 4. The van der Waals surface area contributed by atoms with Gasteiger partial charge in [0, 0.05) is 6.42 Å². The first-order valence-electron chi connectivity index (χ1n) is 5.37. The molecule has 2 rings (SSSR count). The predicted octanol–water partition coefficient (Wildman–Crippen LogP) is 0.347. The van der Waals surface area contributed by atoms with E-state index in [0.29, 0.717) is 5.56 Å². The average molecular weight is 261 g/mol. The second-order valence-corrected chi connectivity index (χ2v) is 3.93. The Hall–Kier alpha value is -2.83. The lowest BCUT2D eigenvalue weighted by atomic mass is 10.1. The molecule has 0 aliphatic heterocycles. The lowest BCUT2D eigenvalue weighted by Crippen LogP contribution is -2.16. The van der Waals surface area contributed by atoms with Crippen LogP contribution in [0.15, 0.2) is 29.1 Å². The van der Waals surface area contributed by atoms with Crippen molar-refractivity contribution in [3.63, 3.8) is 0 Å². The van der Waals surface area contributed by atoms with Crippen molar-refractivity contribution in [1.82, 2.24) is 9.97 Å². The number of hydrogen-bond acceptors (Lipinski definition) is 5. The number of carboxylic acid groups (broad SMARTS) is 1. The Kier molecular flexibility index (Phi) is 3.19. The number of aromatic nitrogens is 2. The normalized spacial score (nSPS) is 10.3. The summed E-state index contributed by atoms with van der Waals surface area (Å²) in [6.45, 7) is 0. The number of nitrogens with one attached hydrogen (secondary N) is 1. The van der Waals surface area contributed by atoms with Crippen LogP contribution < -0.4 is 11.3 Å². The molecular formula is C12H11N3O4. The molecule has 7 nitrogen and oxygen atoms in total. The van der Waals surface area contributed by atoms with E-state index < -0.39 is 17.4 Å². The van der Waals surface area contributed by atoms with Gasteiger partial charge in [-0.3, -0.25) is 9.78 Å². The summed E-state index contributed by atoms with van der Waals surface area (Å²) in [5, 5.41) is 18.3. The minimum atomic E-state index is -1.03. The van der Waals surface area contributed by atoms with Gasteiger partial charge in [0.15, 0.2) is 0 Å². The van der Waals surface area contributed by atoms with E-state index in [1.165, 1.54) is 12.1 Å². The number of H-pyrrole nitrogens is 1. The number of aromatic carboxylic acids is 1. The van der Waals surface area contributed by atoms with E-state index in [1.807, 2.05) is 0 Å². The van der Waals surface area contributed by atoms with Crippen molar-refractivity contribution in [3.05, 3.63) is 51.3 Å². The van der Waals surface area contributed by atoms with Gasteiger partial charge in [0.2, 0.25) is 11.8 Å². The molecule has 0 saturated heterocycles. The third kappa shape index (κ3) is 2.71. The largest absolute Gasteiger partial charge is 0.493 e. The van der Waals surface area contributed by atoms with Crippen LogP contribution in [0.4, 0.5) is 5.95 Å². The van der Waals surface area contributed by atoms with Gasteiger partial charge in [0.1, 0.15) is 0 Å². The van der Waals surface area contributed by atoms with Gasteiger partial charge in [-0.15, -0.1) is 0 Å². The van der Waals surface area contributed by atoms with E-state index in [9.17, 15) is 14.7 Å². The van der Waals surface area contributed by atoms with Crippen LogP contribution in [0.25, 0.3) is 0 Å². The van der Waals surface area contributed by atoms with Gasteiger partial charge in [-0.25, -0.2) is 4.79 Å². The van der Waals surface area contributed by atoms with E-state index in [2.05, 4.69) is 9.97 Å². The van der Waals surface area contributed by atoms with E-state index in [-0.39, 0.29) is 23.5 Å². The van der Waals surface area contributed by atoms with Crippen LogP contribution in [0.2, 0.25) is 0 Å². The standard InChI is InChI=1S/C12H11N3O4/c13-12-14-9(16)8(10(17)15-12)5-6-1-3-7(4-2-6)11(18)19/h1-4H,5H2,(H,18,19)(H4,13,14,15,16,17). The zero-order valence-electron chi connectivity index (χ0n) is 9.75. The summed E-state index contributed by atoms with van der Waals surface area (Å²) in [6, 6.07) is 5.98. The molecular weight excluding hydrogens is 250 g/mol. The van der Waals surface area contributed by atoms with Gasteiger partial charge < -0.3 is 15.9 Å². The number of anilines is 1. The summed E-state index contributed by atoms with van der Waals surface area (Å²) in [7, 11) is 0. The number of aromatic amines is 1. The van der Waals surface area contributed by atoms with Crippen LogP contribution in [-0.4, -0.2) is 26.2 Å². The van der Waals surface area contributed by atoms with Gasteiger partial charge in [0.25, 0.3) is 5.56 Å². The molecule has 0 radical (unpaired) electrons. The van der Waals surface area contributed by atoms with Crippen molar-refractivity contribution in [2.45, 2.75) is 6.42 Å². The summed E-state index contributed by atoms with van der Waals surface area (Å²) >= 11 is 0. The summed E-state index contributed by atoms with van der Waals surface area (Å²) in [6.07, 6.45) is 0.133. The lowest BCUT2D eigenvalue weighted by Gasteiger charge is -2.04. The quantitative estimate of drug-likeness (QED) is 0.630. The highest BCUT2D eigenvalue weighted by Crippen LogP contribution is 2.15.